The standard InChI is InChI=1S/C11H16O2/c1-4-12-10(3)9(2)8-11-6-5-7-13-11/h5-7H,4,8H2,1-3H3/b10-9-. The van der Waals surface area contributed by atoms with E-state index in [1.807, 2.05) is 26.0 Å². The molecule has 1 aromatic rings. The maximum absolute atomic E-state index is 5.39. The summed E-state index contributed by atoms with van der Waals surface area (Å²) in [6.45, 7) is 6.76. The SMILES string of the molecule is CCO/C(C)=C(/C)Cc1ccco1. The molecular weight excluding hydrogens is 164 g/mol. The molecule has 1 aromatic heterocycles. The highest BCUT2D eigenvalue weighted by atomic mass is 16.5. The summed E-state index contributed by atoms with van der Waals surface area (Å²) >= 11 is 0. The molecule has 0 radical (unpaired) electrons. The lowest BCUT2D eigenvalue weighted by Crippen LogP contribution is -1.94. The highest BCUT2D eigenvalue weighted by Gasteiger charge is 2.01. The van der Waals surface area contributed by atoms with E-state index in [1.165, 1.54) is 5.57 Å². The van der Waals surface area contributed by atoms with Crippen molar-refractivity contribution in [1.82, 2.24) is 0 Å². The zero-order chi connectivity index (χ0) is 9.68. The van der Waals surface area contributed by atoms with Gasteiger partial charge in [-0.2, -0.15) is 0 Å². The van der Waals surface area contributed by atoms with Gasteiger partial charge >= 0.3 is 0 Å². The molecule has 0 aliphatic rings. The third-order valence-electron chi connectivity index (χ3n) is 1.98. The minimum Gasteiger partial charge on any atom is -0.499 e. The first kappa shape index (κ1) is 9.90. The van der Waals surface area contributed by atoms with E-state index in [0.29, 0.717) is 0 Å². The molecule has 1 rings (SSSR count). The molecule has 72 valence electrons. The molecule has 0 fully saturated rings. The van der Waals surface area contributed by atoms with Crippen molar-refractivity contribution in [2.45, 2.75) is 27.2 Å². The van der Waals surface area contributed by atoms with Crippen molar-refractivity contribution >= 4 is 0 Å². The van der Waals surface area contributed by atoms with Gasteiger partial charge in [0, 0.05) is 6.42 Å². The highest BCUT2D eigenvalue weighted by molar-refractivity contribution is 5.13. The number of furan rings is 1. The number of ether oxygens (including phenoxy) is 1. The van der Waals surface area contributed by atoms with Gasteiger partial charge in [-0.15, -0.1) is 0 Å². The molecule has 0 bridgehead atoms. The summed E-state index contributed by atoms with van der Waals surface area (Å²) in [6.07, 6.45) is 2.53. The summed E-state index contributed by atoms with van der Waals surface area (Å²) < 4.78 is 10.6. The smallest absolute Gasteiger partial charge is 0.107 e. The molecule has 0 aliphatic carbocycles. The fourth-order valence-corrected chi connectivity index (χ4v) is 1.14. The topological polar surface area (TPSA) is 22.4 Å². The molecular formula is C11H16O2. The van der Waals surface area contributed by atoms with E-state index in [-0.39, 0.29) is 0 Å². The van der Waals surface area contributed by atoms with Crippen molar-refractivity contribution in [3.05, 3.63) is 35.5 Å². The average Bonchev–Trinajstić information content (AvgIpc) is 2.57. The van der Waals surface area contributed by atoms with E-state index in [4.69, 9.17) is 9.15 Å². The Kier molecular flexibility index (Phi) is 3.62. The molecule has 2 nitrogen and oxygen atoms in total. The van der Waals surface area contributed by atoms with Gasteiger partial charge in [0.2, 0.25) is 0 Å². The lowest BCUT2D eigenvalue weighted by Gasteiger charge is -2.06. The van der Waals surface area contributed by atoms with Crippen LogP contribution in [0.25, 0.3) is 0 Å². The van der Waals surface area contributed by atoms with Crippen LogP contribution < -0.4 is 0 Å². The van der Waals surface area contributed by atoms with Crippen LogP contribution in [0.2, 0.25) is 0 Å². The summed E-state index contributed by atoms with van der Waals surface area (Å²) in [6, 6.07) is 3.88. The molecule has 0 spiro atoms. The Bertz CT molecular complexity index is 270. The predicted octanol–water partition coefficient (Wildman–Crippen LogP) is 3.15. The van der Waals surface area contributed by atoms with E-state index in [9.17, 15) is 0 Å². The van der Waals surface area contributed by atoms with Crippen molar-refractivity contribution in [1.29, 1.82) is 0 Å². The molecule has 0 unspecified atom stereocenters. The molecule has 0 saturated carbocycles. The van der Waals surface area contributed by atoms with Crippen molar-refractivity contribution in [2.24, 2.45) is 0 Å². The van der Waals surface area contributed by atoms with E-state index in [2.05, 4.69) is 6.92 Å². The van der Waals surface area contributed by atoms with E-state index >= 15 is 0 Å². The summed E-state index contributed by atoms with van der Waals surface area (Å²) in [5, 5.41) is 0. The summed E-state index contributed by atoms with van der Waals surface area (Å²) in [5.41, 5.74) is 1.22. The largest absolute Gasteiger partial charge is 0.499 e. The number of allylic oxidation sites excluding steroid dienone is 2. The summed E-state index contributed by atoms with van der Waals surface area (Å²) in [5.74, 6) is 1.98. The Morgan fingerprint density at radius 3 is 2.77 bits per heavy atom. The Morgan fingerprint density at radius 2 is 2.23 bits per heavy atom. The highest BCUT2D eigenvalue weighted by Crippen LogP contribution is 2.12. The minimum absolute atomic E-state index is 0.724. The van der Waals surface area contributed by atoms with Gasteiger partial charge in [0.05, 0.1) is 18.6 Å². The second-order valence-electron chi connectivity index (χ2n) is 3.03. The van der Waals surface area contributed by atoms with Crippen LogP contribution in [0.5, 0.6) is 0 Å². The molecule has 2 heteroatoms. The fourth-order valence-electron chi connectivity index (χ4n) is 1.14. The van der Waals surface area contributed by atoms with E-state index in [1.54, 1.807) is 6.26 Å². The van der Waals surface area contributed by atoms with Crippen molar-refractivity contribution < 1.29 is 9.15 Å². The first-order chi connectivity index (χ1) is 6.24. The van der Waals surface area contributed by atoms with Gasteiger partial charge in [-0.25, -0.2) is 0 Å². The quantitative estimate of drug-likeness (QED) is 0.664. The predicted molar refractivity (Wildman–Crippen MR) is 52.4 cm³/mol. The first-order valence-corrected chi connectivity index (χ1v) is 4.55. The van der Waals surface area contributed by atoms with Crippen molar-refractivity contribution in [3.63, 3.8) is 0 Å². The molecule has 1 heterocycles. The number of hydrogen-bond acceptors (Lipinski definition) is 2. The molecule has 0 amide bonds. The van der Waals surface area contributed by atoms with Crippen LogP contribution in [-0.4, -0.2) is 6.61 Å². The van der Waals surface area contributed by atoms with Gasteiger partial charge in [0.15, 0.2) is 0 Å². The zero-order valence-electron chi connectivity index (χ0n) is 8.46. The normalized spacial score (nSPS) is 12.5. The third kappa shape index (κ3) is 2.98. The zero-order valence-corrected chi connectivity index (χ0v) is 8.46. The Balaban J connectivity index is 2.58. The molecule has 13 heavy (non-hydrogen) atoms. The molecule has 0 atom stereocenters. The van der Waals surface area contributed by atoms with Gasteiger partial charge in [0.25, 0.3) is 0 Å². The second kappa shape index (κ2) is 4.75. The van der Waals surface area contributed by atoms with Gasteiger partial charge in [-0.3, -0.25) is 0 Å². The maximum Gasteiger partial charge on any atom is 0.107 e. The Hall–Kier alpha value is -1.18. The van der Waals surface area contributed by atoms with Crippen LogP contribution in [0.4, 0.5) is 0 Å². The molecule has 0 saturated heterocycles. The lowest BCUT2D eigenvalue weighted by molar-refractivity contribution is 0.226. The lowest BCUT2D eigenvalue weighted by atomic mass is 10.1. The van der Waals surface area contributed by atoms with Crippen LogP contribution in [0.15, 0.2) is 34.1 Å². The molecule has 0 N–H and O–H groups in total. The Labute approximate surface area is 79.2 Å². The minimum atomic E-state index is 0.724. The van der Waals surface area contributed by atoms with Gasteiger partial charge in [0.1, 0.15) is 5.76 Å². The number of hydrogen-bond donors (Lipinski definition) is 0. The van der Waals surface area contributed by atoms with Crippen molar-refractivity contribution in [3.8, 4) is 0 Å². The molecule has 0 aliphatic heterocycles. The van der Waals surface area contributed by atoms with Gasteiger partial charge in [-0.05, 0) is 38.5 Å². The number of rotatable bonds is 4. The van der Waals surface area contributed by atoms with E-state index < -0.39 is 0 Å². The monoisotopic (exact) mass is 180 g/mol. The van der Waals surface area contributed by atoms with Crippen LogP contribution in [0.3, 0.4) is 0 Å². The van der Waals surface area contributed by atoms with Crippen LogP contribution in [0.1, 0.15) is 26.5 Å². The fraction of sp³-hybridized carbons (Fsp3) is 0.455. The Morgan fingerprint density at radius 1 is 1.46 bits per heavy atom. The summed E-state index contributed by atoms with van der Waals surface area (Å²) in [7, 11) is 0. The first-order valence-electron chi connectivity index (χ1n) is 4.55. The van der Waals surface area contributed by atoms with Crippen LogP contribution >= 0.6 is 0 Å². The summed E-state index contributed by atoms with van der Waals surface area (Å²) in [4.78, 5) is 0. The van der Waals surface area contributed by atoms with E-state index in [0.717, 1.165) is 24.5 Å². The van der Waals surface area contributed by atoms with Gasteiger partial charge in [-0.1, -0.05) is 0 Å². The average molecular weight is 180 g/mol. The van der Waals surface area contributed by atoms with Crippen LogP contribution in [-0.2, 0) is 11.2 Å². The van der Waals surface area contributed by atoms with Crippen molar-refractivity contribution in [2.75, 3.05) is 6.61 Å². The second-order valence-corrected chi connectivity index (χ2v) is 3.03. The van der Waals surface area contributed by atoms with Crippen LogP contribution in [0, 0.1) is 0 Å². The molecule has 0 aromatic carbocycles. The maximum atomic E-state index is 5.39. The third-order valence-corrected chi connectivity index (χ3v) is 1.98. The van der Waals surface area contributed by atoms with Gasteiger partial charge < -0.3 is 9.15 Å².